The number of nitrogens with zero attached hydrogens (tertiary/aromatic N) is 3. The van der Waals surface area contributed by atoms with Crippen LogP contribution in [0.5, 0.6) is 0 Å². The first-order valence-electron chi connectivity index (χ1n) is 12.6. The molecule has 5 rings (SSSR count). The molecule has 0 bridgehead atoms. The highest BCUT2D eigenvalue weighted by Crippen LogP contribution is 2.41. The van der Waals surface area contributed by atoms with Gasteiger partial charge in [0.25, 0.3) is 0 Å². The zero-order valence-corrected chi connectivity index (χ0v) is 21.3. The van der Waals surface area contributed by atoms with Crippen LogP contribution in [0.1, 0.15) is 56.7 Å². The average molecular weight is 489 g/mol. The number of halogens is 1. The molecule has 182 valence electrons. The van der Waals surface area contributed by atoms with Crippen molar-refractivity contribution in [1.29, 1.82) is 0 Å². The summed E-state index contributed by atoms with van der Waals surface area (Å²) in [7, 11) is 0. The molecule has 1 fully saturated rings. The maximum absolute atomic E-state index is 12.5. The molecule has 2 aliphatic heterocycles. The molecule has 5 nitrogen and oxygen atoms in total. The number of likely N-dealkylation sites (tertiary alicyclic amines) is 1. The Morgan fingerprint density at radius 1 is 1.03 bits per heavy atom. The van der Waals surface area contributed by atoms with Gasteiger partial charge in [-0.1, -0.05) is 48.4 Å². The number of fused-ring (bicyclic) bond motifs is 1. The number of carbonyl (C=O) groups is 1. The number of pyridine rings is 1. The molecule has 2 aromatic carbocycles. The maximum Gasteiger partial charge on any atom is 0.224 e. The van der Waals surface area contributed by atoms with Gasteiger partial charge in [-0.05, 0) is 85.8 Å². The highest BCUT2D eigenvalue weighted by atomic mass is 35.5. The van der Waals surface area contributed by atoms with Gasteiger partial charge in [-0.3, -0.25) is 9.69 Å². The predicted octanol–water partition coefficient (Wildman–Crippen LogP) is 6.69. The summed E-state index contributed by atoms with van der Waals surface area (Å²) in [6, 6.07) is 19.3. The molecular formula is C29H33ClN4O. The molecule has 3 heterocycles. The summed E-state index contributed by atoms with van der Waals surface area (Å²) in [6.45, 7) is 7.17. The molecular weight excluding hydrogens is 456 g/mol. The van der Waals surface area contributed by atoms with Crippen molar-refractivity contribution in [3.05, 3.63) is 76.9 Å². The van der Waals surface area contributed by atoms with Crippen molar-refractivity contribution < 1.29 is 4.79 Å². The van der Waals surface area contributed by atoms with E-state index in [9.17, 15) is 4.79 Å². The van der Waals surface area contributed by atoms with Crippen LogP contribution in [0.4, 0.5) is 11.5 Å². The first kappa shape index (κ1) is 23.8. The third kappa shape index (κ3) is 5.36. The zero-order valence-electron chi connectivity index (χ0n) is 20.5. The minimum Gasteiger partial charge on any atom is -0.363 e. The molecule has 0 aliphatic carbocycles. The van der Waals surface area contributed by atoms with E-state index in [-0.39, 0.29) is 18.0 Å². The first-order chi connectivity index (χ1) is 17.0. The minimum atomic E-state index is 0.0441. The first-order valence-corrected chi connectivity index (χ1v) is 13.0. The van der Waals surface area contributed by atoms with Gasteiger partial charge in [-0.2, -0.15) is 0 Å². The van der Waals surface area contributed by atoms with Crippen LogP contribution in [0.15, 0.2) is 60.8 Å². The van der Waals surface area contributed by atoms with Crippen LogP contribution < -0.4 is 10.2 Å². The molecule has 0 spiro atoms. The summed E-state index contributed by atoms with van der Waals surface area (Å²) in [4.78, 5) is 21.4. The molecule has 35 heavy (non-hydrogen) atoms. The van der Waals surface area contributed by atoms with Gasteiger partial charge in [0.2, 0.25) is 5.91 Å². The van der Waals surface area contributed by atoms with Crippen LogP contribution in [0.25, 0.3) is 11.1 Å². The van der Waals surface area contributed by atoms with Crippen LogP contribution in [0.3, 0.4) is 0 Å². The number of benzene rings is 2. The number of hydrogen-bond acceptors (Lipinski definition) is 4. The second kappa shape index (κ2) is 10.4. The van der Waals surface area contributed by atoms with Crippen LogP contribution in [-0.2, 0) is 11.3 Å². The fourth-order valence-corrected chi connectivity index (χ4v) is 5.59. The quantitative estimate of drug-likeness (QED) is 0.434. The van der Waals surface area contributed by atoms with E-state index < -0.39 is 0 Å². The molecule has 2 aliphatic rings. The Kier molecular flexibility index (Phi) is 7.07. The van der Waals surface area contributed by atoms with E-state index in [1.165, 1.54) is 43.5 Å². The van der Waals surface area contributed by atoms with Crippen LogP contribution in [0, 0.1) is 0 Å². The van der Waals surface area contributed by atoms with Gasteiger partial charge in [0.15, 0.2) is 0 Å². The molecule has 0 saturated carbocycles. The summed E-state index contributed by atoms with van der Waals surface area (Å²) >= 11 is 6.03. The summed E-state index contributed by atoms with van der Waals surface area (Å²) < 4.78 is 0. The summed E-state index contributed by atoms with van der Waals surface area (Å²) in [5.74, 6) is 0.845. The van der Waals surface area contributed by atoms with Crippen molar-refractivity contribution in [2.24, 2.45) is 0 Å². The number of aromatic nitrogens is 1. The molecule has 2 atom stereocenters. The maximum atomic E-state index is 12.5. The Bertz CT molecular complexity index is 1170. The van der Waals surface area contributed by atoms with Gasteiger partial charge in [0, 0.05) is 31.4 Å². The molecule has 1 aromatic heterocycles. The Morgan fingerprint density at radius 2 is 1.77 bits per heavy atom. The Labute approximate surface area is 213 Å². The third-order valence-corrected chi connectivity index (χ3v) is 7.43. The topological polar surface area (TPSA) is 48.5 Å². The number of hydrogen-bond donors (Lipinski definition) is 1. The lowest BCUT2D eigenvalue weighted by Gasteiger charge is -2.39. The zero-order chi connectivity index (χ0) is 24.4. The standard InChI is InChI=1S/C29H33ClN4O/c1-20-16-27(32-29-13-11-25(30)18-31-29)26-17-24(10-12-28(26)34(20)21(2)35)23-8-6-22(7-9-23)19-33-14-4-3-5-15-33/h6-13,17-18,20,27H,3-5,14-16,19H2,1-2H3,(H,31,32)/t20-,27+/m1/s1. The molecule has 3 aromatic rings. The highest BCUT2D eigenvalue weighted by molar-refractivity contribution is 6.30. The number of rotatable bonds is 5. The highest BCUT2D eigenvalue weighted by Gasteiger charge is 2.32. The van der Waals surface area contributed by atoms with Gasteiger partial charge in [-0.25, -0.2) is 4.98 Å². The van der Waals surface area contributed by atoms with E-state index in [2.05, 4.69) is 64.6 Å². The largest absolute Gasteiger partial charge is 0.363 e. The van der Waals surface area contributed by atoms with Gasteiger partial charge in [-0.15, -0.1) is 0 Å². The van der Waals surface area contributed by atoms with Gasteiger partial charge in [0.05, 0.1) is 11.1 Å². The van der Waals surface area contributed by atoms with Gasteiger partial charge >= 0.3 is 0 Å². The van der Waals surface area contributed by atoms with Crippen LogP contribution in [-0.4, -0.2) is 34.9 Å². The second-order valence-electron chi connectivity index (χ2n) is 9.84. The van der Waals surface area contributed by atoms with Crippen molar-refractivity contribution >= 4 is 29.0 Å². The number of piperidine rings is 1. The van der Waals surface area contributed by atoms with E-state index in [1.807, 2.05) is 17.0 Å². The lowest BCUT2D eigenvalue weighted by molar-refractivity contribution is -0.117. The van der Waals surface area contributed by atoms with E-state index in [0.29, 0.717) is 5.02 Å². The molecule has 0 radical (unpaired) electrons. The fraction of sp³-hybridized carbons (Fsp3) is 0.379. The SMILES string of the molecule is CC(=O)N1c2ccc(-c3ccc(CN4CCCCC4)cc3)cc2[C@@H](Nc2ccc(Cl)cn2)C[C@H]1C. The van der Waals surface area contributed by atoms with Crippen molar-refractivity contribution in [2.75, 3.05) is 23.3 Å². The third-order valence-electron chi connectivity index (χ3n) is 7.21. The lowest BCUT2D eigenvalue weighted by atomic mass is 9.89. The van der Waals surface area contributed by atoms with Crippen molar-refractivity contribution in [3.63, 3.8) is 0 Å². The fourth-order valence-electron chi connectivity index (χ4n) is 5.48. The van der Waals surface area contributed by atoms with E-state index >= 15 is 0 Å². The summed E-state index contributed by atoms with van der Waals surface area (Å²) in [5, 5.41) is 4.19. The number of carbonyl (C=O) groups excluding carboxylic acids is 1. The van der Waals surface area contributed by atoms with Crippen LogP contribution in [0.2, 0.25) is 5.02 Å². The van der Waals surface area contributed by atoms with Crippen LogP contribution >= 0.6 is 11.6 Å². The van der Waals surface area contributed by atoms with E-state index in [4.69, 9.17) is 11.6 Å². The monoisotopic (exact) mass is 488 g/mol. The number of amides is 1. The molecule has 1 amide bonds. The van der Waals surface area contributed by atoms with E-state index in [0.717, 1.165) is 35.6 Å². The summed E-state index contributed by atoms with van der Waals surface area (Å²) in [5.41, 5.74) is 5.78. The summed E-state index contributed by atoms with van der Waals surface area (Å²) in [6.07, 6.45) is 6.43. The Hall–Kier alpha value is -2.89. The second-order valence-corrected chi connectivity index (χ2v) is 10.3. The van der Waals surface area contributed by atoms with Crippen molar-refractivity contribution in [2.45, 2.75) is 58.2 Å². The number of anilines is 2. The van der Waals surface area contributed by atoms with Gasteiger partial charge in [0.1, 0.15) is 5.82 Å². The molecule has 1 N–H and O–H groups in total. The Balaban J connectivity index is 1.43. The minimum absolute atomic E-state index is 0.0441. The van der Waals surface area contributed by atoms with Crippen molar-refractivity contribution in [1.82, 2.24) is 9.88 Å². The molecule has 0 unspecified atom stereocenters. The smallest absolute Gasteiger partial charge is 0.224 e. The predicted molar refractivity (Wildman–Crippen MR) is 144 cm³/mol. The Morgan fingerprint density at radius 3 is 2.46 bits per heavy atom. The van der Waals surface area contributed by atoms with Crippen molar-refractivity contribution in [3.8, 4) is 11.1 Å². The van der Waals surface area contributed by atoms with E-state index in [1.54, 1.807) is 13.1 Å². The lowest BCUT2D eigenvalue weighted by Crippen LogP contribution is -2.43. The van der Waals surface area contributed by atoms with Gasteiger partial charge < -0.3 is 10.2 Å². The molecule has 6 heteroatoms. The normalized spacial score (nSPS) is 20.4. The number of nitrogens with one attached hydrogen (secondary N) is 1. The average Bonchev–Trinajstić information content (AvgIpc) is 2.86. The molecule has 1 saturated heterocycles.